The first-order valence-electron chi connectivity index (χ1n) is 9.75. The number of aromatic nitrogens is 4. The molecule has 0 saturated carbocycles. The van der Waals surface area contributed by atoms with Crippen LogP contribution in [0.2, 0.25) is 15.1 Å². The van der Waals surface area contributed by atoms with Crippen LogP contribution in [0.5, 0.6) is 0 Å². The molecule has 0 fully saturated rings. The third kappa shape index (κ3) is 3.79. The lowest BCUT2D eigenvalue weighted by Crippen LogP contribution is -2.21. The molecule has 0 aliphatic heterocycles. The maximum absolute atomic E-state index is 13.3. The van der Waals surface area contributed by atoms with Crippen LogP contribution in [0.1, 0.15) is 5.56 Å². The van der Waals surface area contributed by atoms with Crippen LogP contribution in [0, 0.1) is 0 Å². The molecule has 8 heteroatoms. The molecule has 2 aromatic heterocycles. The summed E-state index contributed by atoms with van der Waals surface area (Å²) in [5.74, 6) is 0. The third-order valence-electron chi connectivity index (χ3n) is 5.10. The van der Waals surface area contributed by atoms with Crippen LogP contribution in [-0.2, 0) is 6.54 Å². The van der Waals surface area contributed by atoms with Gasteiger partial charge in [-0.1, -0.05) is 77.3 Å². The van der Waals surface area contributed by atoms with E-state index in [-0.39, 0.29) is 11.1 Å². The molecular formula is C24H15Cl3N4O. The standard InChI is InChI=1S/C24H15Cl3N4O/c25-17-8-6-16(7-9-17)23-21-22(29-31(23)20-11-10-18(26)12-19(20)27)24(32)30(14-28-21)13-15-4-2-1-3-5-15/h1-12,14H,13H2. The summed E-state index contributed by atoms with van der Waals surface area (Å²) in [6.07, 6.45) is 1.55. The Morgan fingerprint density at radius 3 is 2.25 bits per heavy atom. The number of rotatable bonds is 4. The average molecular weight is 482 g/mol. The largest absolute Gasteiger partial charge is 0.293 e. The first-order valence-corrected chi connectivity index (χ1v) is 10.9. The summed E-state index contributed by atoms with van der Waals surface area (Å²) >= 11 is 18.7. The highest BCUT2D eigenvalue weighted by Crippen LogP contribution is 2.33. The van der Waals surface area contributed by atoms with E-state index in [9.17, 15) is 4.79 Å². The van der Waals surface area contributed by atoms with Crippen LogP contribution in [0.15, 0.2) is 83.9 Å². The Morgan fingerprint density at radius 2 is 1.53 bits per heavy atom. The van der Waals surface area contributed by atoms with Crippen molar-refractivity contribution in [3.05, 3.63) is 110 Å². The molecule has 3 aromatic carbocycles. The van der Waals surface area contributed by atoms with Crippen LogP contribution >= 0.6 is 34.8 Å². The predicted molar refractivity (Wildman–Crippen MR) is 129 cm³/mol. The molecule has 158 valence electrons. The number of halogens is 3. The summed E-state index contributed by atoms with van der Waals surface area (Å²) in [7, 11) is 0. The Kier molecular flexibility index (Phi) is 5.47. The van der Waals surface area contributed by atoms with E-state index < -0.39 is 0 Å². The molecule has 0 saturated heterocycles. The van der Waals surface area contributed by atoms with Gasteiger partial charge in [0, 0.05) is 15.6 Å². The summed E-state index contributed by atoms with van der Waals surface area (Å²) in [5.41, 5.74) is 3.52. The summed E-state index contributed by atoms with van der Waals surface area (Å²) in [5, 5.41) is 6.15. The van der Waals surface area contributed by atoms with E-state index in [2.05, 4.69) is 10.1 Å². The molecule has 32 heavy (non-hydrogen) atoms. The van der Waals surface area contributed by atoms with Gasteiger partial charge in [-0.3, -0.25) is 9.36 Å². The van der Waals surface area contributed by atoms with Crippen LogP contribution < -0.4 is 5.56 Å². The molecular weight excluding hydrogens is 467 g/mol. The predicted octanol–water partition coefficient (Wildman–Crippen LogP) is 6.26. The lowest BCUT2D eigenvalue weighted by atomic mass is 10.1. The molecule has 0 aliphatic rings. The Hall–Kier alpha value is -3.12. The van der Waals surface area contributed by atoms with Gasteiger partial charge in [0.05, 0.1) is 23.6 Å². The molecule has 2 heterocycles. The molecule has 0 amide bonds. The molecule has 5 aromatic rings. The quantitative estimate of drug-likeness (QED) is 0.304. The molecule has 0 unspecified atom stereocenters. The van der Waals surface area contributed by atoms with Gasteiger partial charge in [0.15, 0.2) is 5.52 Å². The summed E-state index contributed by atoms with van der Waals surface area (Å²) < 4.78 is 3.18. The van der Waals surface area contributed by atoms with E-state index >= 15 is 0 Å². The van der Waals surface area contributed by atoms with Gasteiger partial charge >= 0.3 is 0 Å². The number of hydrogen-bond acceptors (Lipinski definition) is 3. The maximum Gasteiger partial charge on any atom is 0.282 e. The zero-order valence-electron chi connectivity index (χ0n) is 16.5. The molecule has 0 bridgehead atoms. The van der Waals surface area contributed by atoms with Crippen molar-refractivity contribution in [2.24, 2.45) is 0 Å². The van der Waals surface area contributed by atoms with Crippen molar-refractivity contribution < 1.29 is 0 Å². The molecule has 0 radical (unpaired) electrons. The van der Waals surface area contributed by atoms with Gasteiger partial charge < -0.3 is 0 Å². The zero-order chi connectivity index (χ0) is 22.2. The van der Waals surface area contributed by atoms with Crippen LogP contribution in [-0.4, -0.2) is 19.3 Å². The molecule has 5 nitrogen and oxygen atoms in total. The normalized spacial score (nSPS) is 11.2. The van der Waals surface area contributed by atoms with E-state index in [0.717, 1.165) is 11.1 Å². The second-order valence-corrected chi connectivity index (χ2v) is 8.50. The van der Waals surface area contributed by atoms with E-state index in [1.165, 1.54) is 0 Å². The lowest BCUT2D eigenvalue weighted by molar-refractivity contribution is 0.745. The minimum Gasteiger partial charge on any atom is -0.293 e. The molecule has 0 N–H and O–H groups in total. The summed E-state index contributed by atoms with van der Waals surface area (Å²) in [6.45, 7) is 0.396. The molecule has 0 atom stereocenters. The minimum atomic E-state index is -0.238. The fraction of sp³-hybridized carbons (Fsp3) is 0.0417. The summed E-state index contributed by atoms with van der Waals surface area (Å²) in [4.78, 5) is 17.9. The second kappa shape index (κ2) is 8.43. The van der Waals surface area contributed by atoms with E-state index in [0.29, 0.717) is 38.5 Å². The highest BCUT2D eigenvalue weighted by atomic mass is 35.5. The van der Waals surface area contributed by atoms with E-state index in [1.54, 1.807) is 45.9 Å². The van der Waals surface area contributed by atoms with Gasteiger partial charge in [-0.2, -0.15) is 5.10 Å². The number of benzene rings is 3. The van der Waals surface area contributed by atoms with Crippen molar-refractivity contribution in [3.8, 4) is 16.9 Å². The first-order chi connectivity index (χ1) is 15.5. The third-order valence-corrected chi connectivity index (χ3v) is 5.89. The Balaban J connectivity index is 1.76. The van der Waals surface area contributed by atoms with Crippen molar-refractivity contribution in [2.45, 2.75) is 6.54 Å². The van der Waals surface area contributed by atoms with Crippen molar-refractivity contribution in [3.63, 3.8) is 0 Å². The topological polar surface area (TPSA) is 52.7 Å². The van der Waals surface area contributed by atoms with Crippen molar-refractivity contribution in [1.29, 1.82) is 0 Å². The fourth-order valence-electron chi connectivity index (χ4n) is 3.58. The number of hydrogen-bond donors (Lipinski definition) is 0. The SMILES string of the molecule is O=c1c2nn(-c3ccc(Cl)cc3Cl)c(-c3ccc(Cl)cc3)c2ncn1Cc1ccccc1. The highest BCUT2D eigenvalue weighted by molar-refractivity contribution is 6.35. The van der Waals surface area contributed by atoms with Gasteiger partial charge in [0.1, 0.15) is 11.2 Å². The fourth-order valence-corrected chi connectivity index (χ4v) is 4.19. The summed E-state index contributed by atoms with van der Waals surface area (Å²) in [6, 6.07) is 22.1. The number of nitrogens with zero attached hydrogens (tertiary/aromatic N) is 4. The monoisotopic (exact) mass is 480 g/mol. The van der Waals surface area contributed by atoms with Crippen LogP contribution in [0.3, 0.4) is 0 Å². The van der Waals surface area contributed by atoms with Crippen molar-refractivity contribution in [1.82, 2.24) is 19.3 Å². The first kappa shape index (κ1) is 20.8. The van der Waals surface area contributed by atoms with Gasteiger partial charge in [-0.05, 0) is 35.9 Å². The molecule has 0 aliphatic carbocycles. The maximum atomic E-state index is 13.3. The van der Waals surface area contributed by atoms with Crippen LogP contribution in [0.4, 0.5) is 0 Å². The minimum absolute atomic E-state index is 0.238. The Labute approximate surface area is 198 Å². The van der Waals surface area contributed by atoms with Crippen molar-refractivity contribution >= 4 is 45.8 Å². The van der Waals surface area contributed by atoms with Gasteiger partial charge in [0.2, 0.25) is 0 Å². The van der Waals surface area contributed by atoms with Crippen molar-refractivity contribution in [2.75, 3.05) is 0 Å². The van der Waals surface area contributed by atoms with Gasteiger partial charge in [-0.15, -0.1) is 0 Å². The number of fused-ring (bicyclic) bond motifs is 1. The lowest BCUT2D eigenvalue weighted by Gasteiger charge is -2.10. The van der Waals surface area contributed by atoms with E-state index in [1.807, 2.05) is 42.5 Å². The smallest absolute Gasteiger partial charge is 0.282 e. The highest BCUT2D eigenvalue weighted by Gasteiger charge is 2.21. The van der Waals surface area contributed by atoms with Gasteiger partial charge in [0.25, 0.3) is 5.56 Å². The molecule has 5 rings (SSSR count). The Morgan fingerprint density at radius 1 is 0.812 bits per heavy atom. The van der Waals surface area contributed by atoms with E-state index in [4.69, 9.17) is 34.8 Å². The van der Waals surface area contributed by atoms with Crippen LogP contribution in [0.25, 0.3) is 28.0 Å². The zero-order valence-corrected chi connectivity index (χ0v) is 18.8. The molecule has 0 spiro atoms. The Bertz CT molecular complexity index is 1490. The second-order valence-electron chi connectivity index (χ2n) is 7.22. The average Bonchev–Trinajstić information content (AvgIpc) is 3.17. The van der Waals surface area contributed by atoms with Gasteiger partial charge in [-0.25, -0.2) is 9.67 Å².